The summed E-state index contributed by atoms with van der Waals surface area (Å²) in [5.74, 6) is 0. The van der Waals surface area contributed by atoms with Crippen LogP contribution in [-0.2, 0) is 11.2 Å². The molecular weight excluding hydrogens is 252 g/mol. The summed E-state index contributed by atoms with van der Waals surface area (Å²) in [5.41, 5.74) is 0. The van der Waals surface area contributed by atoms with Crippen LogP contribution in [0.25, 0.3) is 0 Å². The molecule has 1 aromatic heterocycles. The average molecular weight is 265 g/mol. The van der Waals surface area contributed by atoms with Gasteiger partial charge in [-0.05, 0) is 40.2 Å². The number of thiophene rings is 1. The molecule has 13 heavy (non-hydrogen) atoms. The number of aliphatic hydroxyl groups excluding tert-OH is 1. The predicted molar refractivity (Wildman–Crippen MR) is 58.2 cm³/mol. The molecule has 0 fully saturated rings. The number of ether oxygens (including phenoxy) is 1. The second-order valence-electron chi connectivity index (χ2n) is 2.84. The number of methoxy groups -OCH3 is 1. The number of hydrogen-bond donors (Lipinski definition) is 1. The van der Waals surface area contributed by atoms with Crippen molar-refractivity contribution in [3.8, 4) is 0 Å². The molecule has 0 radical (unpaired) electrons. The molecule has 0 spiro atoms. The molecule has 1 N–H and O–H groups in total. The van der Waals surface area contributed by atoms with Crippen LogP contribution in [0.2, 0.25) is 0 Å². The number of aliphatic hydroxyl groups is 1. The first kappa shape index (κ1) is 11.2. The fourth-order valence-corrected chi connectivity index (χ4v) is 2.65. The van der Waals surface area contributed by atoms with Crippen LogP contribution in [0.1, 0.15) is 11.3 Å². The van der Waals surface area contributed by atoms with E-state index in [0.717, 1.165) is 17.3 Å². The Labute approximate surface area is 90.7 Å². The standard InChI is InChI=1S/C9H13BrO2S/c1-12-6-7(11)2-3-9-8(10)4-5-13-9/h4-5,7,11H,2-3,6H2,1H3. The minimum absolute atomic E-state index is 0.348. The number of aryl methyl sites for hydroxylation is 1. The molecule has 0 bridgehead atoms. The third kappa shape index (κ3) is 3.77. The molecule has 1 heterocycles. The van der Waals surface area contributed by atoms with Crippen LogP contribution in [0, 0.1) is 0 Å². The highest BCUT2D eigenvalue weighted by Crippen LogP contribution is 2.24. The second kappa shape index (κ2) is 5.75. The summed E-state index contributed by atoms with van der Waals surface area (Å²) in [4.78, 5) is 1.29. The molecule has 0 aliphatic carbocycles. The van der Waals surface area contributed by atoms with E-state index in [1.54, 1.807) is 18.4 Å². The first-order valence-corrected chi connectivity index (χ1v) is 5.80. The van der Waals surface area contributed by atoms with Gasteiger partial charge in [0.05, 0.1) is 12.7 Å². The van der Waals surface area contributed by atoms with Crippen molar-refractivity contribution in [1.29, 1.82) is 0 Å². The van der Waals surface area contributed by atoms with E-state index in [1.807, 2.05) is 11.4 Å². The summed E-state index contributed by atoms with van der Waals surface area (Å²) in [5, 5.41) is 11.4. The normalized spacial score (nSPS) is 13.2. The highest BCUT2D eigenvalue weighted by Gasteiger charge is 2.06. The summed E-state index contributed by atoms with van der Waals surface area (Å²) in [7, 11) is 1.60. The number of hydrogen-bond acceptors (Lipinski definition) is 3. The van der Waals surface area contributed by atoms with Gasteiger partial charge in [-0.1, -0.05) is 0 Å². The van der Waals surface area contributed by atoms with Crippen molar-refractivity contribution in [3.63, 3.8) is 0 Å². The van der Waals surface area contributed by atoms with Crippen molar-refractivity contribution < 1.29 is 9.84 Å². The zero-order valence-electron chi connectivity index (χ0n) is 7.50. The van der Waals surface area contributed by atoms with Gasteiger partial charge in [0.2, 0.25) is 0 Å². The van der Waals surface area contributed by atoms with Crippen molar-refractivity contribution in [2.75, 3.05) is 13.7 Å². The van der Waals surface area contributed by atoms with Crippen LogP contribution in [0.5, 0.6) is 0 Å². The summed E-state index contributed by atoms with van der Waals surface area (Å²) in [6.07, 6.45) is 1.31. The predicted octanol–water partition coefficient (Wildman–Crippen LogP) is 2.45. The lowest BCUT2D eigenvalue weighted by Crippen LogP contribution is -2.14. The lowest BCUT2D eigenvalue weighted by molar-refractivity contribution is 0.0596. The van der Waals surface area contributed by atoms with Gasteiger partial charge in [-0.2, -0.15) is 0 Å². The summed E-state index contributed by atoms with van der Waals surface area (Å²) in [6.45, 7) is 0.420. The highest BCUT2D eigenvalue weighted by molar-refractivity contribution is 9.10. The maximum atomic E-state index is 9.40. The minimum atomic E-state index is -0.348. The van der Waals surface area contributed by atoms with Crippen LogP contribution in [0.3, 0.4) is 0 Å². The average Bonchev–Trinajstić information content (AvgIpc) is 2.48. The van der Waals surface area contributed by atoms with E-state index < -0.39 is 0 Å². The van der Waals surface area contributed by atoms with E-state index >= 15 is 0 Å². The molecule has 1 rings (SSSR count). The first-order valence-electron chi connectivity index (χ1n) is 4.13. The quantitative estimate of drug-likeness (QED) is 0.886. The fraction of sp³-hybridized carbons (Fsp3) is 0.556. The van der Waals surface area contributed by atoms with Crippen LogP contribution >= 0.6 is 27.3 Å². The Morgan fingerprint density at radius 3 is 3.00 bits per heavy atom. The van der Waals surface area contributed by atoms with Gasteiger partial charge in [-0.3, -0.25) is 0 Å². The molecule has 0 amide bonds. The Balaban J connectivity index is 2.30. The van der Waals surface area contributed by atoms with Crippen LogP contribution in [0.4, 0.5) is 0 Å². The van der Waals surface area contributed by atoms with Gasteiger partial charge in [-0.25, -0.2) is 0 Å². The Hall–Kier alpha value is 0.100. The molecular formula is C9H13BrO2S. The molecule has 1 aromatic rings. The largest absolute Gasteiger partial charge is 0.391 e. The molecule has 74 valence electrons. The van der Waals surface area contributed by atoms with Crippen LogP contribution in [-0.4, -0.2) is 24.9 Å². The lowest BCUT2D eigenvalue weighted by Gasteiger charge is -2.07. The summed E-state index contributed by atoms with van der Waals surface area (Å²) in [6, 6.07) is 2.03. The van der Waals surface area contributed by atoms with E-state index in [-0.39, 0.29) is 6.10 Å². The Kier molecular flexibility index (Phi) is 4.94. The molecule has 1 unspecified atom stereocenters. The molecule has 1 atom stereocenters. The SMILES string of the molecule is COCC(O)CCc1sccc1Br. The summed E-state index contributed by atoms with van der Waals surface area (Å²) >= 11 is 5.16. The van der Waals surface area contributed by atoms with Crippen LogP contribution < -0.4 is 0 Å². The van der Waals surface area contributed by atoms with Gasteiger partial charge in [0.1, 0.15) is 0 Å². The molecule has 0 aliphatic rings. The van der Waals surface area contributed by atoms with Gasteiger partial charge < -0.3 is 9.84 Å². The van der Waals surface area contributed by atoms with Gasteiger partial charge in [0.25, 0.3) is 0 Å². The van der Waals surface area contributed by atoms with Crippen LogP contribution in [0.15, 0.2) is 15.9 Å². The van der Waals surface area contributed by atoms with E-state index in [0.29, 0.717) is 6.61 Å². The number of halogens is 1. The zero-order chi connectivity index (χ0) is 9.68. The number of rotatable bonds is 5. The van der Waals surface area contributed by atoms with E-state index in [4.69, 9.17) is 4.74 Å². The van der Waals surface area contributed by atoms with Crippen molar-refractivity contribution in [2.45, 2.75) is 18.9 Å². The highest BCUT2D eigenvalue weighted by atomic mass is 79.9. The molecule has 0 aromatic carbocycles. The van der Waals surface area contributed by atoms with Gasteiger partial charge >= 0.3 is 0 Å². The maximum Gasteiger partial charge on any atom is 0.0777 e. The Bertz CT molecular complexity index is 250. The summed E-state index contributed by atoms with van der Waals surface area (Å²) < 4.78 is 5.99. The van der Waals surface area contributed by atoms with Gasteiger partial charge in [0, 0.05) is 16.5 Å². The third-order valence-electron chi connectivity index (χ3n) is 1.75. The zero-order valence-corrected chi connectivity index (χ0v) is 9.90. The molecule has 2 nitrogen and oxygen atoms in total. The van der Waals surface area contributed by atoms with E-state index in [1.165, 1.54) is 4.88 Å². The molecule has 0 saturated carbocycles. The van der Waals surface area contributed by atoms with Crippen molar-refractivity contribution in [3.05, 3.63) is 20.8 Å². The fourth-order valence-electron chi connectivity index (χ4n) is 1.08. The Morgan fingerprint density at radius 1 is 1.69 bits per heavy atom. The first-order chi connectivity index (χ1) is 6.24. The maximum absolute atomic E-state index is 9.40. The van der Waals surface area contributed by atoms with Gasteiger partial charge in [0.15, 0.2) is 0 Å². The van der Waals surface area contributed by atoms with Crippen molar-refractivity contribution >= 4 is 27.3 Å². The molecule has 0 saturated heterocycles. The topological polar surface area (TPSA) is 29.5 Å². The lowest BCUT2D eigenvalue weighted by atomic mass is 10.2. The Morgan fingerprint density at radius 2 is 2.46 bits per heavy atom. The molecule has 4 heteroatoms. The van der Waals surface area contributed by atoms with E-state index in [9.17, 15) is 5.11 Å². The smallest absolute Gasteiger partial charge is 0.0777 e. The van der Waals surface area contributed by atoms with E-state index in [2.05, 4.69) is 15.9 Å². The van der Waals surface area contributed by atoms with Crippen molar-refractivity contribution in [1.82, 2.24) is 0 Å². The third-order valence-corrected chi connectivity index (χ3v) is 3.74. The molecule has 0 aliphatic heterocycles. The second-order valence-corrected chi connectivity index (χ2v) is 4.69. The minimum Gasteiger partial charge on any atom is -0.391 e. The van der Waals surface area contributed by atoms with Gasteiger partial charge in [-0.15, -0.1) is 11.3 Å². The van der Waals surface area contributed by atoms with Crippen molar-refractivity contribution in [2.24, 2.45) is 0 Å². The monoisotopic (exact) mass is 264 g/mol.